The highest BCUT2D eigenvalue weighted by Gasteiger charge is 2.45. The molecule has 7 heteroatoms. The van der Waals surface area contributed by atoms with Crippen LogP contribution >= 0.6 is 0 Å². The molecule has 2 aromatic heterocycles. The fourth-order valence-electron chi connectivity index (χ4n) is 3.02. The molecule has 0 unspecified atom stereocenters. The first kappa shape index (κ1) is 12.5. The predicted molar refractivity (Wildman–Crippen MR) is 72.9 cm³/mol. The summed E-state index contributed by atoms with van der Waals surface area (Å²) in [6.45, 7) is 0.809. The maximum atomic E-state index is 12.3. The molecule has 0 spiro atoms. The first-order chi connectivity index (χ1) is 10.3. The Morgan fingerprint density at radius 1 is 1.33 bits per heavy atom. The van der Waals surface area contributed by atoms with E-state index in [9.17, 15) is 4.79 Å². The Labute approximate surface area is 121 Å². The van der Waals surface area contributed by atoms with E-state index in [1.54, 1.807) is 29.4 Å². The van der Waals surface area contributed by atoms with Crippen molar-refractivity contribution < 1.29 is 9.53 Å². The average Bonchev–Trinajstić information content (AvgIpc) is 3.14. The Balaban J connectivity index is 1.48. The van der Waals surface area contributed by atoms with Crippen LogP contribution in [-0.4, -0.2) is 44.4 Å². The molecule has 0 bridgehead atoms. The van der Waals surface area contributed by atoms with Gasteiger partial charge in [0.1, 0.15) is 24.2 Å². The summed E-state index contributed by atoms with van der Waals surface area (Å²) in [5.74, 6) is 0.957. The number of carbonyl (C=O) groups is 1. The Morgan fingerprint density at radius 2 is 2.19 bits per heavy atom. The SMILES string of the molecule is O=C(N[C@@H]1C[C@H]2OCC[C@@H]12)c1cccc(-n2cnnc2)n1. The van der Waals surface area contributed by atoms with Crippen LogP contribution in [0.4, 0.5) is 0 Å². The molecule has 1 saturated carbocycles. The standard InChI is InChI=1S/C14H15N5O2/c20-14(18-11-6-12-9(11)4-5-21-12)10-2-1-3-13(17-10)19-7-15-16-8-19/h1-3,7-9,11-12H,4-6H2,(H,18,20)/t9-,11+,12+/m0/s1. The number of pyridine rings is 1. The Kier molecular flexibility index (Phi) is 2.92. The van der Waals surface area contributed by atoms with Crippen molar-refractivity contribution in [3.8, 4) is 5.82 Å². The normalized spacial score (nSPS) is 27.0. The van der Waals surface area contributed by atoms with Gasteiger partial charge in [-0.25, -0.2) is 4.98 Å². The van der Waals surface area contributed by atoms with Crippen molar-refractivity contribution in [1.82, 2.24) is 25.1 Å². The molecule has 1 saturated heterocycles. The van der Waals surface area contributed by atoms with Crippen molar-refractivity contribution in [2.24, 2.45) is 5.92 Å². The molecule has 0 radical (unpaired) electrons. The molecule has 3 atom stereocenters. The lowest BCUT2D eigenvalue weighted by Gasteiger charge is -2.39. The molecule has 7 nitrogen and oxygen atoms in total. The summed E-state index contributed by atoms with van der Waals surface area (Å²) < 4.78 is 7.22. The predicted octanol–water partition coefficient (Wildman–Crippen LogP) is 0.569. The number of aromatic nitrogens is 4. The van der Waals surface area contributed by atoms with Gasteiger partial charge in [0.15, 0.2) is 0 Å². The van der Waals surface area contributed by atoms with E-state index in [1.807, 2.05) is 6.07 Å². The smallest absolute Gasteiger partial charge is 0.270 e. The van der Waals surface area contributed by atoms with Crippen LogP contribution in [0.25, 0.3) is 5.82 Å². The summed E-state index contributed by atoms with van der Waals surface area (Å²) in [6.07, 6.45) is 5.38. The molecule has 3 heterocycles. The zero-order chi connectivity index (χ0) is 14.2. The second kappa shape index (κ2) is 4.92. The van der Waals surface area contributed by atoms with Gasteiger partial charge in [0.25, 0.3) is 5.91 Å². The van der Waals surface area contributed by atoms with Crippen LogP contribution in [0, 0.1) is 5.92 Å². The number of rotatable bonds is 3. The maximum absolute atomic E-state index is 12.3. The van der Waals surface area contributed by atoms with Gasteiger partial charge in [0.05, 0.1) is 6.10 Å². The molecule has 2 fully saturated rings. The van der Waals surface area contributed by atoms with E-state index < -0.39 is 0 Å². The molecule has 108 valence electrons. The van der Waals surface area contributed by atoms with Crippen LogP contribution in [0.15, 0.2) is 30.9 Å². The van der Waals surface area contributed by atoms with E-state index in [0.29, 0.717) is 23.5 Å². The Bertz CT molecular complexity index is 657. The van der Waals surface area contributed by atoms with E-state index in [4.69, 9.17) is 4.74 Å². The number of hydrogen-bond donors (Lipinski definition) is 1. The van der Waals surface area contributed by atoms with Crippen LogP contribution in [-0.2, 0) is 4.74 Å². The van der Waals surface area contributed by atoms with Crippen molar-refractivity contribution in [3.63, 3.8) is 0 Å². The van der Waals surface area contributed by atoms with Crippen molar-refractivity contribution in [2.45, 2.75) is 25.0 Å². The molecular formula is C14H15N5O2. The largest absolute Gasteiger partial charge is 0.378 e. The number of hydrogen-bond acceptors (Lipinski definition) is 5. The zero-order valence-corrected chi connectivity index (χ0v) is 11.3. The van der Waals surface area contributed by atoms with Crippen molar-refractivity contribution in [2.75, 3.05) is 6.61 Å². The number of carbonyl (C=O) groups excluding carboxylic acids is 1. The Morgan fingerprint density at radius 3 is 3.00 bits per heavy atom. The van der Waals surface area contributed by atoms with Crippen LogP contribution in [0.5, 0.6) is 0 Å². The topological polar surface area (TPSA) is 81.9 Å². The lowest BCUT2D eigenvalue weighted by molar-refractivity contribution is 0.00802. The average molecular weight is 285 g/mol. The molecule has 2 aliphatic rings. The summed E-state index contributed by atoms with van der Waals surface area (Å²) in [5, 5.41) is 10.5. The molecule has 4 rings (SSSR count). The van der Waals surface area contributed by atoms with Gasteiger partial charge < -0.3 is 10.1 Å². The number of fused-ring (bicyclic) bond motifs is 1. The minimum absolute atomic E-state index is 0.139. The Hall–Kier alpha value is -2.28. The van der Waals surface area contributed by atoms with Gasteiger partial charge in [-0.2, -0.15) is 0 Å². The minimum atomic E-state index is -0.139. The highest BCUT2D eigenvalue weighted by molar-refractivity contribution is 5.92. The van der Waals surface area contributed by atoms with E-state index in [1.165, 1.54) is 0 Å². The molecule has 1 N–H and O–H groups in total. The number of amides is 1. The molecule has 1 amide bonds. The highest BCUT2D eigenvalue weighted by Crippen LogP contribution is 2.38. The highest BCUT2D eigenvalue weighted by atomic mass is 16.5. The quantitative estimate of drug-likeness (QED) is 0.891. The lowest BCUT2D eigenvalue weighted by Crippen LogP contribution is -2.53. The van der Waals surface area contributed by atoms with E-state index in [0.717, 1.165) is 19.4 Å². The van der Waals surface area contributed by atoms with Gasteiger partial charge in [0.2, 0.25) is 0 Å². The third-order valence-electron chi connectivity index (χ3n) is 4.23. The van der Waals surface area contributed by atoms with Gasteiger partial charge in [-0.3, -0.25) is 9.36 Å². The van der Waals surface area contributed by atoms with E-state index >= 15 is 0 Å². The molecular weight excluding hydrogens is 270 g/mol. The fraction of sp³-hybridized carbons (Fsp3) is 0.429. The monoisotopic (exact) mass is 285 g/mol. The molecule has 2 aromatic rings. The second-order valence-electron chi connectivity index (χ2n) is 5.43. The van der Waals surface area contributed by atoms with Crippen molar-refractivity contribution >= 4 is 5.91 Å². The second-order valence-corrected chi connectivity index (χ2v) is 5.43. The zero-order valence-electron chi connectivity index (χ0n) is 11.3. The van der Waals surface area contributed by atoms with Crippen LogP contribution in [0.2, 0.25) is 0 Å². The first-order valence-corrected chi connectivity index (χ1v) is 7.06. The molecule has 0 aromatic carbocycles. The number of ether oxygens (including phenoxy) is 1. The van der Waals surface area contributed by atoms with E-state index in [-0.39, 0.29) is 11.9 Å². The third-order valence-corrected chi connectivity index (χ3v) is 4.23. The maximum Gasteiger partial charge on any atom is 0.270 e. The van der Waals surface area contributed by atoms with Crippen molar-refractivity contribution in [3.05, 3.63) is 36.5 Å². The lowest BCUT2D eigenvalue weighted by atomic mass is 9.76. The third kappa shape index (κ3) is 2.19. The van der Waals surface area contributed by atoms with Gasteiger partial charge in [0, 0.05) is 18.6 Å². The van der Waals surface area contributed by atoms with Gasteiger partial charge in [-0.05, 0) is 25.0 Å². The minimum Gasteiger partial charge on any atom is -0.378 e. The first-order valence-electron chi connectivity index (χ1n) is 7.06. The van der Waals surface area contributed by atoms with Gasteiger partial charge in [-0.15, -0.1) is 10.2 Å². The van der Waals surface area contributed by atoms with Crippen molar-refractivity contribution in [1.29, 1.82) is 0 Å². The van der Waals surface area contributed by atoms with Crippen LogP contribution in [0.3, 0.4) is 0 Å². The summed E-state index contributed by atoms with van der Waals surface area (Å²) in [4.78, 5) is 16.7. The molecule has 1 aliphatic carbocycles. The van der Waals surface area contributed by atoms with Gasteiger partial charge >= 0.3 is 0 Å². The summed E-state index contributed by atoms with van der Waals surface area (Å²) in [7, 11) is 0. The van der Waals surface area contributed by atoms with Crippen LogP contribution < -0.4 is 5.32 Å². The fourth-order valence-corrected chi connectivity index (χ4v) is 3.02. The van der Waals surface area contributed by atoms with E-state index in [2.05, 4.69) is 20.5 Å². The summed E-state index contributed by atoms with van der Waals surface area (Å²) in [5.41, 5.74) is 0.406. The molecule has 1 aliphatic heterocycles. The number of nitrogens with zero attached hydrogens (tertiary/aromatic N) is 4. The summed E-state index contributed by atoms with van der Waals surface area (Å²) in [6, 6.07) is 5.54. The summed E-state index contributed by atoms with van der Waals surface area (Å²) >= 11 is 0. The van der Waals surface area contributed by atoms with Crippen LogP contribution in [0.1, 0.15) is 23.3 Å². The molecule has 21 heavy (non-hydrogen) atoms. The van der Waals surface area contributed by atoms with Gasteiger partial charge in [-0.1, -0.05) is 6.07 Å². The number of nitrogens with one attached hydrogen (secondary N) is 1.